The zero-order valence-electron chi connectivity index (χ0n) is 14.9. The molecule has 1 saturated carbocycles. The summed E-state index contributed by atoms with van der Waals surface area (Å²) in [5, 5.41) is 0. The summed E-state index contributed by atoms with van der Waals surface area (Å²) in [6, 6.07) is 0. The lowest BCUT2D eigenvalue weighted by Crippen LogP contribution is -2.47. The van der Waals surface area contributed by atoms with Crippen LogP contribution in [0.4, 0.5) is 0 Å². The fraction of sp³-hybridized carbons (Fsp3) is 1.00. The van der Waals surface area contributed by atoms with Gasteiger partial charge in [-0.25, -0.2) is 0 Å². The van der Waals surface area contributed by atoms with Crippen LogP contribution in [-0.4, -0.2) is 12.1 Å². The van der Waals surface area contributed by atoms with Crippen LogP contribution in [0, 0.1) is 11.3 Å². The standard InChI is InChI=1S/C18H34O4/c1-5-6-7-8-9-10-16-19-21-18(22-20-16)13-11-15(12-14-18)17(2,3)4/h15-16H,5-14H2,1-4H3. The largest absolute Gasteiger partial charge is 0.234 e. The minimum absolute atomic E-state index is 0.346. The van der Waals surface area contributed by atoms with Crippen LogP contribution in [0.25, 0.3) is 0 Å². The van der Waals surface area contributed by atoms with Crippen LogP contribution in [0.3, 0.4) is 0 Å². The van der Waals surface area contributed by atoms with E-state index in [0.29, 0.717) is 11.3 Å². The second-order valence-electron chi connectivity index (χ2n) is 8.04. The van der Waals surface area contributed by atoms with Gasteiger partial charge in [0.15, 0.2) is 0 Å². The number of rotatable bonds is 6. The molecule has 0 unspecified atom stereocenters. The topological polar surface area (TPSA) is 36.9 Å². The van der Waals surface area contributed by atoms with E-state index in [-0.39, 0.29) is 6.29 Å². The Bertz CT molecular complexity index is 306. The van der Waals surface area contributed by atoms with Gasteiger partial charge in [-0.05, 0) is 30.6 Å². The molecule has 2 rings (SSSR count). The van der Waals surface area contributed by atoms with Crippen LogP contribution in [0.15, 0.2) is 0 Å². The molecule has 2 fully saturated rings. The molecule has 1 aliphatic heterocycles. The van der Waals surface area contributed by atoms with E-state index in [4.69, 9.17) is 19.6 Å². The lowest BCUT2D eigenvalue weighted by molar-refractivity contribution is -0.629. The summed E-state index contributed by atoms with van der Waals surface area (Å²) < 4.78 is 0. The first kappa shape index (κ1) is 18.2. The first-order valence-corrected chi connectivity index (χ1v) is 9.14. The van der Waals surface area contributed by atoms with Gasteiger partial charge in [0.05, 0.1) is 0 Å². The third kappa shape index (κ3) is 5.19. The SMILES string of the molecule is CCCCCCCC1OOC2(CCC(C(C)(C)C)CC2)OO1. The average molecular weight is 314 g/mol. The van der Waals surface area contributed by atoms with Gasteiger partial charge >= 0.3 is 0 Å². The van der Waals surface area contributed by atoms with E-state index in [2.05, 4.69) is 27.7 Å². The quantitative estimate of drug-likeness (QED) is 0.478. The highest BCUT2D eigenvalue weighted by Gasteiger charge is 2.46. The molecule has 4 nitrogen and oxygen atoms in total. The number of hydrogen-bond donors (Lipinski definition) is 0. The molecule has 22 heavy (non-hydrogen) atoms. The smallest absolute Gasteiger partial charge is 0.198 e. The predicted octanol–water partition coefficient (Wildman–Crippen LogP) is 5.52. The van der Waals surface area contributed by atoms with E-state index in [1.54, 1.807) is 0 Å². The summed E-state index contributed by atoms with van der Waals surface area (Å²) in [6.45, 7) is 9.14. The van der Waals surface area contributed by atoms with Crippen molar-refractivity contribution >= 4 is 0 Å². The van der Waals surface area contributed by atoms with Crippen molar-refractivity contribution in [1.82, 2.24) is 0 Å². The first-order chi connectivity index (χ1) is 10.5. The van der Waals surface area contributed by atoms with Crippen LogP contribution < -0.4 is 0 Å². The third-order valence-corrected chi connectivity index (χ3v) is 5.13. The Morgan fingerprint density at radius 2 is 1.50 bits per heavy atom. The molecular formula is C18H34O4. The van der Waals surface area contributed by atoms with Gasteiger partial charge in [0, 0.05) is 19.3 Å². The van der Waals surface area contributed by atoms with Crippen molar-refractivity contribution < 1.29 is 19.6 Å². The minimum Gasteiger partial charge on any atom is -0.198 e. The molecule has 1 spiro atoms. The highest BCUT2D eigenvalue weighted by atomic mass is 17.4. The predicted molar refractivity (Wildman–Crippen MR) is 85.6 cm³/mol. The average Bonchev–Trinajstić information content (AvgIpc) is 2.49. The maximum Gasteiger partial charge on any atom is 0.234 e. The lowest BCUT2D eigenvalue weighted by Gasteiger charge is -2.44. The van der Waals surface area contributed by atoms with Crippen LogP contribution in [0.2, 0.25) is 0 Å². The number of hydrogen-bond acceptors (Lipinski definition) is 4. The Hall–Kier alpha value is -0.160. The summed E-state index contributed by atoms with van der Waals surface area (Å²) in [4.78, 5) is 22.1. The Morgan fingerprint density at radius 3 is 2.05 bits per heavy atom. The molecule has 0 amide bonds. The van der Waals surface area contributed by atoms with E-state index in [1.165, 1.54) is 25.7 Å². The summed E-state index contributed by atoms with van der Waals surface area (Å²) in [5.74, 6) is 0.0436. The van der Waals surface area contributed by atoms with E-state index < -0.39 is 5.79 Å². The summed E-state index contributed by atoms with van der Waals surface area (Å²) in [5.41, 5.74) is 0.346. The molecule has 0 aromatic carbocycles. The van der Waals surface area contributed by atoms with Gasteiger partial charge in [-0.15, -0.1) is 0 Å². The van der Waals surface area contributed by atoms with Gasteiger partial charge in [0.1, 0.15) is 0 Å². The summed E-state index contributed by atoms with van der Waals surface area (Å²) in [7, 11) is 0. The van der Waals surface area contributed by atoms with Gasteiger partial charge in [-0.3, -0.25) is 0 Å². The molecule has 0 radical (unpaired) electrons. The first-order valence-electron chi connectivity index (χ1n) is 9.14. The molecular weight excluding hydrogens is 280 g/mol. The van der Waals surface area contributed by atoms with Crippen LogP contribution in [-0.2, 0) is 19.6 Å². The van der Waals surface area contributed by atoms with E-state index in [0.717, 1.165) is 38.5 Å². The molecule has 0 aromatic heterocycles. The fourth-order valence-corrected chi connectivity index (χ4v) is 3.41. The molecule has 1 aliphatic carbocycles. The van der Waals surface area contributed by atoms with Crippen molar-refractivity contribution in [3.8, 4) is 0 Å². The van der Waals surface area contributed by atoms with Crippen molar-refractivity contribution in [2.45, 2.75) is 104 Å². The van der Waals surface area contributed by atoms with Crippen molar-refractivity contribution in [1.29, 1.82) is 0 Å². The second-order valence-corrected chi connectivity index (χ2v) is 8.04. The van der Waals surface area contributed by atoms with Crippen LogP contribution in [0.1, 0.15) is 91.9 Å². The maximum absolute atomic E-state index is 5.61. The Balaban J connectivity index is 1.65. The van der Waals surface area contributed by atoms with E-state index in [1.807, 2.05) is 0 Å². The molecule has 4 heteroatoms. The molecule has 0 N–H and O–H groups in total. The third-order valence-electron chi connectivity index (χ3n) is 5.13. The second kappa shape index (κ2) is 8.09. The van der Waals surface area contributed by atoms with Gasteiger partial charge in [-0.2, -0.15) is 19.6 Å². The van der Waals surface area contributed by atoms with Gasteiger partial charge in [0.25, 0.3) is 0 Å². The lowest BCUT2D eigenvalue weighted by atomic mass is 9.71. The summed E-state index contributed by atoms with van der Waals surface area (Å²) >= 11 is 0. The molecule has 0 bridgehead atoms. The van der Waals surface area contributed by atoms with Crippen molar-refractivity contribution in [2.75, 3.05) is 0 Å². The molecule has 0 aromatic rings. The van der Waals surface area contributed by atoms with Crippen molar-refractivity contribution in [3.63, 3.8) is 0 Å². The molecule has 0 atom stereocenters. The highest BCUT2D eigenvalue weighted by Crippen LogP contribution is 2.45. The molecule has 130 valence electrons. The van der Waals surface area contributed by atoms with Gasteiger partial charge in [-0.1, -0.05) is 53.4 Å². The van der Waals surface area contributed by atoms with Crippen LogP contribution >= 0.6 is 0 Å². The minimum atomic E-state index is -0.666. The molecule has 1 saturated heterocycles. The van der Waals surface area contributed by atoms with Crippen molar-refractivity contribution in [3.05, 3.63) is 0 Å². The van der Waals surface area contributed by atoms with E-state index in [9.17, 15) is 0 Å². The summed E-state index contributed by atoms with van der Waals surface area (Å²) in [6.07, 6.45) is 10.5. The fourth-order valence-electron chi connectivity index (χ4n) is 3.41. The van der Waals surface area contributed by atoms with Crippen molar-refractivity contribution in [2.24, 2.45) is 11.3 Å². The maximum atomic E-state index is 5.61. The Labute approximate surface area is 135 Å². The zero-order valence-corrected chi connectivity index (χ0v) is 14.9. The monoisotopic (exact) mass is 314 g/mol. The zero-order chi connectivity index (χ0) is 16.1. The Morgan fingerprint density at radius 1 is 0.909 bits per heavy atom. The normalized spacial score (nSPS) is 33.3. The van der Waals surface area contributed by atoms with Gasteiger partial charge < -0.3 is 0 Å². The molecule has 1 heterocycles. The number of unbranched alkanes of at least 4 members (excludes halogenated alkanes) is 4. The highest BCUT2D eigenvalue weighted by molar-refractivity contribution is 4.84. The van der Waals surface area contributed by atoms with Crippen LogP contribution in [0.5, 0.6) is 0 Å². The molecule has 2 aliphatic rings. The van der Waals surface area contributed by atoms with E-state index >= 15 is 0 Å². The van der Waals surface area contributed by atoms with Gasteiger partial charge in [0.2, 0.25) is 12.1 Å². The Kier molecular flexibility index (Phi) is 6.69.